The average molecular weight is 242 g/mol. The summed E-state index contributed by atoms with van der Waals surface area (Å²) in [5.74, 6) is -2.63. The van der Waals surface area contributed by atoms with Crippen LogP contribution in [0.1, 0.15) is 6.42 Å². The highest BCUT2D eigenvalue weighted by molar-refractivity contribution is 5.98. The van der Waals surface area contributed by atoms with Crippen LogP contribution in [0.15, 0.2) is 12.1 Å². The van der Waals surface area contributed by atoms with Gasteiger partial charge in [0, 0.05) is 25.5 Å². The van der Waals surface area contributed by atoms with Crippen molar-refractivity contribution in [2.24, 2.45) is 5.92 Å². The van der Waals surface area contributed by atoms with Crippen molar-refractivity contribution < 1.29 is 18.7 Å². The number of carbonyl (C=O) groups excluding carboxylic acids is 1. The lowest BCUT2D eigenvalue weighted by atomic mass is 10.1. The van der Waals surface area contributed by atoms with Crippen molar-refractivity contribution in [3.63, 3.8) is 0 Å². The smallest absolute Gasteiger partial charge is 0.227 e. The molecule has 1 aliphatic rings. The van der Waals surface area contributed by atoms with Gasteiger partial charge in [0.2, 0.25) is 5.91 Å². The van der Waals surface area contributed by atoms with Crippen LogP contribution in [0.4, 0.5) is 20.2 Å². The molecule has 1 unspecified atom stereocenters. The van der Waals surface area contributed by atoms with Gasteiger partial charge in [-0.2, -0.15) is 0 Å². The first kappa shape index (κ1) is 11.8. The predicted molar refractivity (Wildman–Crippen MR) is 58.3 cm³/mol. The van der Waals surface area contributed by atoms with Gasteiger partial charge in [0.1, 0.15) is 0 Å². The van der Waals surface area contributed by atoms with E-state index < -0.39 is 11.6 Å². The standard InChI is InChI=1S/C11H12F2N2O2/c12-7-1-2-8(11(14)10(7)13)15-4-6(5-16)3-9(15)17/h1-2,6,16H,3-5,14H2. The summed E-state index contributed by atoms with van der Waals surface area (Å²) in [5, 5.41) is 8.97. The third-order valence-corrected chi connectivity index (χ3v) is 2.86. The molecular weight excluding hydrogens is 230 g/mol. The van der Waals surface area contributed by atoms with E-state index in [0.29, 0.717) is 0 Å². The summed E-state index contributed by atoms with van der Waals surface area (Å²) < 4.78 is 26.2. The lowest BCUT2D eigenvalue weighted by Crippen LogP contribution is -2.26. The van der Waals surface area contributed by atoms with Crippen molar-refractivity contribution in [2.75, 3.05) is 23.8 Å². The second-order valence-corrected chi connectivity index (χ2v) is 4.05. The molecule has 0 radical (unpaired) electrons. The topological polar surface area (TPSA) is 66.6 Å². The zero-order chi connectivity index (χ0) is 12.6. The van der Waals surface area contributed by atoms with Crippen LogP contribution in [0.25, 0.3) is 0 Å². The second-order valence-electron chi connectivity index (χ2n) is 4.05. The Balaban J connectivity index is 2.35. The molecule has 1 aromatic rings. The van der Waals surface area contributed by atoms with Gasteiger partial charge >= 0.3 is 0 Å². The van der Waals surface area contributed by atoms with E-state index in [1.165, 1.54) is 11.0 Å². The van der Waals surface area contributed by atoms with Crippen molar-refractivity contribution in [3.8, 4) is 0 Å². The number of carbonyl (C=O) groups is 1. The Kier molecular flexibility index (Phi) is 2.97. The van der Waals surface area contributed by atoms with Crippen molar-refractivity contribution in [2.45, 2.75) is 6.42 Å². The molecule has 17 heavy (non-hydrogen) atoms. The van der Waals surface area contributed by atoms with Crippen LogP contribution in [0, 0.1) is 17.6 Å². The minimum absolute atomic E-state index is 0.119. The van der Waals surface area contributed by atoms with Gasteiger partial charge < -0.3 is 15.7 Å². The lowest BCUT2D eigenvalue weighted by molar-refractivity contribution is -0.117. The van der Waals surface area contributed by atoms with Crippen molar-refractivity contribution in [1.82, 2.24) is 0 Å². The van der Waals surface area contributed by atoms with Gasteiger partial charge in [0.25, 0.3) is 0 Å². The molecule has 1 amide bonds. The molecule has 0 aromatic heterocycles. The number of rotatable bonds is 2. The summed E-state index contributed by atoms with van der Waals surface area (Å²) >= 11 is 0. The number of nitrogens with zero attached hydrogens (tertiary/aromatic N) is 1. The van der Waals surface area contributed by atoms with Crippen LogP contribution < -0.4 is 10.6 Å². The molecule has 92 valence electrons. The number of aliphatic hydroxyl groups excluding tert-OH is 1. The van der Waals surface area contributed by atoms with Crippen LogP contribution in [0.5, 0.6) is 0 Å². The van der Waals surface area contributed by atoms with Crippen LogP contribution in [0.3, 0.4) is 0 Å². The van der Waals surface area contributed by atoms with Crippen LogP contribution >= 0.6 is 0 Å². The van der Waals surface area contributed by atoms with Gasteiger partial charge in [0.15, 0.2) is 11.6 Å². The third kappa shape index (κ3) is 1.95. The maximum absolute atomic E-state index is 13.3. The molecule has 4 nitrogen and oxygen atoms in total. The van der Waals surface area contributed by atoms with Crippen molar-refractivity contribution in [1.29, 1.82) is 0 Å². The van der Waals surface area contributed by atoms with Gasteiger partial charge in [0.05, 0.1) is 11.4 Å². The number of halogens is 2. The minimum Gasteiger partial charge on any atom is -0.396 e. The number of hydrogen-bond donors (Lipinski definition) is 2. The van der Waals surface area contributed by atoms with E-state index in [1.54, 1.807) is 0 Å². The average Bonchev–Trinajstić information content (AvgIpc) is 2.68. The Morgan fingerprint density at radius 2 is 2.18 bits per heavy atom. The minimum atomic E-state index is -1.15. The van der Waals surface area contributed by atoms with Gasteiger partial charge in [-0.25, -0.2) is 8.78 Å². The largest absolute Gasteiger partial charge is 0.396 e. The SMILES string of the molecule is Nc1c(N2CC(CO)CC2=O)ccc(F)c1F. The molecule has 6 heteroatoms. The highest BCUT2D eigenvalue weighted by Gasteiger charge is 2.31. The first-order valence-corrected chi connectivity index (χ1v) is 5.19. The maximum Gasteiger partial charge on any atom is 0.227 e. The van der Waals surface area contributed by atoms with Gasteiger partial charge in [-0.05, 0) is 12.1 Å². The predicted octanol–water partition coefficient (Wildman–Crippen LogP) is 0.892. The molecule has 2 rings (SSSR count). The van der Waals surface area contributed by atoms with E-state index in [2.05, 4.69) is 0 Å². The number of aliphatic hydroxyl groups is 1. The fourth-order valence-electron chi connectivity index (χ4n) is 1.93. The fourth-order valence-corrected chi connectivity index (χ4v) is 1.93. The van der Waals surface area contributed by atoms with Crippen LogP contribution in [-0.4, -0.2) is 24.2 Å². The molecule has 1 aromatic carbocycles. The molecular formula is C11H12F2N2O2. The zero-order valence-electron chi connectivity index (χ0n) is 8.99. The first-order valence-electron chi connectivity index (χ1n) is 5.19. The Morgan fingerprint density at radius 1 is 1.47 bits per heavy atom. The Labute approximate surface area is 96.6 Å². The summed E-state index contributed by atoms with van der Waals surface area (Å²) in [4.78, 5) is 12.9. The summed E-state index contributed by atoms with van der Waals surface area (Å²) in [6.45, 7) is 0.149. The van der Waals surface area contributed by atoms with E-state index in [-0.39, 0.29) is 42.8 Å². The highest BCUT2D eigenvalue weighted by atomic mass is 19.2. The first-order chi connectivity index (χ1) is 8.04. The molecule has 1 atom stereocenters. The Bertz CT molecular complexity index is 465. The normalized spacial score (nSPS) is 20.1. The number of nitrogens with two attached hydrogens (primary N) is 1. The molecule has 1 saturated heterocycles. The highest BCUT2D eigenvalue weighted by Crippen LogP contribution is 2.32. The molecule has 1 aliphatic heterocycles. The number of amides is 1. The van der Waals surface area contributed by atoms with E-state index in [0.717, 1.165) is 6.07 Å². The van der Waals surface area contributed by atoms with Gasteiger partial charge in [-0.15, -0.1) is 0 Å². The Morgan fingerprint density at radius 3 is 2.76 bits per heavy atom. The number of nitrogen functional groups attached to an aromatic ring is 1. The molecule has 0 saturated carbocycles. The fraction of sp³-hybridized carbons (Fsp3) is 0.364. The van der Waals surface area contributed by atoms with Crippen LogP contribution in [-0.2, 0) is 4.79 Å². The van der Waals surface area contributed by atoms with Gasteiger partial charge in [-0.3, -0.25) is 4.79 Å². The zero-order valence-corrected chi connectivity index (χ0v) is 8.99. The number of anilines is 2. The summed E-state index contributed by atoms with van der Waals surface area (Å²) in [6, 6.07) is 2.20. The number of benzene rings is 1. The Hall–Kier alpha value is -1.69. The van der Waals surface area contributed by atoms with Crippen molar-refractivity contribution >= 4 is 17.3 Å². The molecule has 0 spiro atoms. The van der Waals surface area contributed by atoms with E-state index >= 15 is 0 Å². The summed E-state index contributed by atoms with van der Waals surface area (Å²) in [5.41, 5.74) is 5.22. The lowest BCUT2D eigenvalue weighted by Gasteiger charge is -2.18. The summed E-state index contributed by atoms with van der Waals surface area (Å²) in [7, 11) is 0. The van der Waals surface area contributed by atoms with E-state index in [4.69, 9.17) is 10.8 Å². The molecule has 0 bridgehead atoms. The maximum atomic E-state index is 13.3. The third-order valence-electron chi connectivity index (χ3n) is 2.86. The van der Waals surface area contributed by atoms with Gasteiger partial charge in [-0.1, -0.05) is 0 Å². The molecule has 3 N–H and O–H groups in total. The second kappa shape index (κ2) is 4.29. The summed E-state index contributed by atoms with van der Waals surface area (Å²) in [6.07, 6.45) is 0.189. The molecule has 1 fully saturated rings. The monoisotopic (exact) mass is 242 g/mol. The van der Waals surface area contributed by atoms with Crippen molar-refractivity contribution in [3.05, 3.63) is 23.8 Å². The number of hydrogen-bond acceptors (Lipinski definition) is 3. The quantitative estimate of drug-likeness (QED) is 0.757. The van der Waals surface area contributed by atoms with Crippen LogP contribution in [0.2, 0.25) is 0 Å². The van der Waals surface area contributed by atoms with E-state index in [1.807, 2.05) is 0 Å². The van der Waals surface area contributed by atoms with E-state index in [9.17, 15) is 13.6 Å². The molecule has 0 aliphatic carbocycles. The molecule has 1 heterocycles.